The van der Waals surface area contributed by atoms with Gasteiger partial charge in [0.2, 0.25) is 0 Å². The summed E-state index contributed by atoms with van der Waals surface area (Å²) >= 11 is 0. The van der Waals surface area contributed by atoms with E-state index >= 15 is 0 Å². The molecule has 0 unspecified atom stereocenters. The monoisotopic (exact) mass is 262 g/mol. The third-order valence-electron chi connectivity index (χ3n) is 3.62. The molecule has 0 N–H and O–H groups in total. The zero-order valence-corrected chi connectivity index (χ0v) is 12.2. The van der Waals surface area contributed by atoms with Crippen LogP contribution in [0.2, 0.25) is 0 Å². The Morgan fingerprint density at radius 3 is 2.79 bits per heavy atom. The van der Waals surface area contributed by atoms with Gasteiger partial charge in [-0.2, -0.15) is 0 Å². The Balaban J connectivity index is 2.21. The van der Waals surface area contributed by atoms with Gasteiger partial charge in [-0.05, 0) is 33.4 Å². The smallest absolute Gasteiger partial charge is 0.256 e. The number of likely N-dealkylation sites (tertiary alicyclic amines) is 1. The maximum absolute atomic E-state index is 11.9. The van der Waals surface area contributed by atoms with Crippen molar-refractivity contribution in [1.29, 1.82) is 0 Å². The molecule has 104 valence electrons. The summed E-state index contributed by atoms with van der Waals surface area (Å²) in [5.74, 6) is 1.23. The number of rotatable bonds is 2. The quantitative estimate of drug-likeness (QED) is 0.806. The maximum atomic E-state index is 11.9. The second-order valence-corrected chi connectivity index (χ2v) is 5.53. The Morgan fingerprint density at radius 2 is 2.21 bits per heavy atom. The highest BCUT2D eigenvalue weighted by atomic mass is 16.2. The Hall–Kier alpha value is -1.49. The van der Waals surface area contributed by atoms with Crippen molar-refractivity contribution in [2.24, 2.45) is 0 Å². The summed E-state index contributed by atoms with van der Waals surface area (Å²) in [6.07, 6.45) is 3.99. The van der Waals surface area contributed by atoms with E-state index in [0.29, 0.717) is 11.5 Å². The van der Waals surface area contributed by atoms with Gasteiger partial charge in [0.15, 0.2) is 0 Å². The van der Waals surface area contributed by atoms with Crippen molar-refractivity contribution in [3.63, 3.8) is 0 Å². The summed E-state index contributed by atoms with van der Waals surface area (Å²) in [6.45, 7) is 4.03. The van der Waals surface area contributed by atoms with E-state index in [1.165, 1.54) is 6.42 Å². The number of hydrogen-bond donors (Lipinski definition) is 0. The fourth-order valence-corrected chi connectivity index (χ4v) is 2.51. The number of carbonyl (C=O) groups is 1. The summed E-state index contributed by atoms with van der Waals surface area (Å²) in [4.78, 5) is 24.8. The lowest BCUT2D eigenvalue weighted by molar-refractivity contribution is 0.0826. The van der Waals surface area contributed by atoms with Crippen LogP contribution in [0.1, 0.15) is 40.6 Å². The second kappa shape index (κ2) is 5.65. The Labute approximate surface area is 114 Å². The topological polar surface area (TPSA) is 49.3 Å². The van der Waals surface area contributed by atoms with Gasteiger partial charge < -0.3 is 9.80 Å². The molecule has 19 heavy (non-hydrogen) atoms. The first kappa shape index (κ1) is 13.9. The van der Waals surface area contributed by atoms with Crippen LogP contribution >= 0.6 is 0 Å². The molecule has 1 aromatic heterocycles. The van der Waals surface area contributed by atoms with Gasteiger partial charge in [0.05, 0.1) is 11.3 Å². The summed E-state index contributed by atoms with van der Waals surface area (Å²) in [5.41, 5.74) is 1.37. The minimum atomic E-state index is -0.0372. The summed E-state index contributed by atoms with van der Waals surface area (Å²) in [6, 6.07) is 0. The van der Waals surface area contributed by atoms with E-state index in [2.05, 4.69) is 21.9 Å². The van der Waals surface area contributed by atoms with E-state index in [4.69, 9.17) is 0 Å². The fraction of sp³-hybridized carbons (Fsp3) is 0.643. The van der Waals surface area contributed by atoms with E-state index in [9.17, 15) is 4.79 Å². The molecule has 5 nitrogen and oxygen atoms in total. The molecule has 1 fully saturated rings. The van der Waals surface area contributed by atoms with Gasteiger partial charge in [-0.25, -0.2) is 9.97 Å². The van der Waals surface area contributed by atoms with Crippen LogP contribution in [-0.4, -0.2) is 59.9 Å². The second-order valence-electron chi connectivity index (χ2n) is 5.53. The Kier molecular flexibility index (Phi) is 4.14. The van der Waals surface area contributed by atoms with Crippen LogP contribution in [-0.2, 0) is 0 Å². The van der Waals surface area contributed by atoms with Crippen molar-refractivity contribution in [2.45, 2.75) is 25.7 Å². The molecule has 0 radical (unpaired) electrons. The molecule has 1 saturated heterocycles. The van der Waals surface area contributed by atoms with Gasteiger partial charge in [-0.1, -0.05) is 0 Å². The first-order valence-electron chi connectivity index (χ1n) is 6.72. The third kappa shape index (κ3) is 3.10. The van der Waals surface area contributed by atoms with Crippen molar-refractivity contribution in [1.82, 2.24) is 19.8 Å². The molecular weight excluding hydrogens is 240 g/mol. The molecule has 0 aliphatic carbocycles. The van der Waals surface area contributed by atoms with Gasteiger partial charge in [0, 0.05) is 32.8 Å². The minimum absolute atomic E-state index is 0.0372. The average Bonchev–Trinajstić information content (AvgIpc) is 2.37. The molecule has 1 aromatic rings. The van der Waals surface area contributed by atoms with Crippen molar-refractivity contribution in [3.05, 3.63) is 23.3 Å². The standard InChI is InChI=1S/C14H22N4O/c1-10-12(14(19)17(2)3)8-15-13(16-10)11-6-5-7-18(4)9-11/h8,11H,5-7,9H2,1-4H3/t11-/m1/s1. The van der Waals surface area contributed by atoms with Crippen molar-refractivity contribution >= 4 is 5.91 Å². The molecule has 2 heterocycles. The zero-order valence-electron chi connectivity index (χ0n) is 12.2. The SMILES string of the molecule is Cc1nc([C@@H]2CCCN(C)C2)ncc1C(=O)N(C)C. The molecular formula is C14H22N4O. The number of nitrogens with zero attached hydrogens (tertiary/aromatic N) is 4. The number of aryl methyl sites for hydroxylation is 1. The number of aromatic nitrogens is 2. The largest absolute Gasteiger partial charge is 0.345 e. The van der Waals surface area contributed by atoms with Crippen LogP contribution in [0.5, 0.6) is 0 Å². The van der Waals surface area contributed by atoms with Crippen LogP contribution < -0.4 is 0 Å². The molecule has 0 bridgehead atoms. The van der Waals surface area contributed by atoms with E-state index in [-0.39, 0.29) is 5.91 Å². The van der Waals surface area contributed by atoms with E-state index in [1.807, 2.05) is 6.92 Å². The van der Waals surface area contributed by atoms with E-state index < -0.39 is 0 Å². The summed E-state index contributed by atoms with van der Waals surface area (Å²) in [5, 5.41) is 0. The molecule has 0 spiro atoms. The number of carbonyl (C=O) groups excluding carboxylic acids is 1. The first-order chi connectivity index (χ1) is 8.99. The highest BCUT2D eigenvalue weighted by Crippen LogP contribution is 2.24. The van der Waals surface area contributed by atoms with Crippen molar-refractivity contribution in [3.8, 4) is 0 Å². The summed E-state index contributed by atoms with van der Waals surface area (Å²) in [7, 11) is 5.61. The van der Waals surface area contributed by atoms with Gasteiger partial charge >= 0.3 is 0 Å². The van der Waals surface area contributed by atoms with Crippen molar-refractivity contribution < 1.29 is 4.79 Å². The average molecular weight is 262 g/mol. The van der Waals surface area contributed by atoms with Crippen LogP contribution in [0.3, 0.4) is 0 Å². The minimum Gasteiger partial charge on any atom is -0.345 e. The number of likely N-dealkylation sites (N-methyl/N-ethyl adjacent to an activating group) is 1. The lowest BCUT2D eigenvalue weighted by Gasteiger charge is -2.28. The maximum Gasteiger partial charge on any atom is 0.256 e. The summed E-state index contributed by atoms with van der Waals surface area (Å²) < 4.78 is 0. The highest BCUT2D eigenvalue weighted by Gasteiger charge is 2.22. The number of piperidine rings is 1. The molecule has 1 aliphatic rings. The number of amides is 1. The van der Waals surface area contributed by atoms with E-state index in [1.54, 1.807) is 25.2 Å². The van der Waals surface area contributed by atoms with Crippen molar-refractivity contribution in [2.75, 3.05) is 34.2 Å². The zero-order chi connectivity index (χ0) is 14.0. The Bertz CT molecular complexity index is 473. The predicted octanol–water partition coefficient (Wildman–Crippen LogP) is 1.30. The van der Waals surface area contributed by atoms with Crippen LogP contribution in [0, 0.1) is 6.92 Å². The van der Waals surface area contributed by atoms with Crippen LogP contribution in [0.25, 0.3) is 0 Å². The first-order valence-corrected chi connectivity index (χ1v) is 6.72. The molecule has 0 saturated carbocycles. The molecule has 1 aliphatic heterocycles. The molecule has 5 heteroatoms. The normalized spacial score (nSPS) is 20.3. The highest BCUT2D eigenvalue weighted by molar-refractivity contribution is 5.94. The van der Waals surface area contributed by atoms with Gasteiger partial charge in [0.1, 0.15) is 5.82 Å². The van der Waals surface area contributed by atoms with Crippen LogP contribution in [0.15, 0.2) is 6.20 Å². The lowest BCUT2D eigenvalue weighted by atomic mass is 9.97. The van der Waals surface area contributed by atoms with Crippen LogP contribution in [0.4, 0.5) is 0 Å². The fourth-order valence-electron chi connectivity index (χ4n) is 2.51. The Morgan fingerprint density at radius 1 is 1.47 bits per heavy atom. The van der Waals surface area contributed by atoms with E-state index in [0.717, 1.165) is 31.0 Å². The number of hydrogen-bond acceptors (Lipinski definition) is 4. The predicted molar refractivity (Wildman–Crippen MR) is 74.3 cm³/mol. The molecule has 1 amide bonds. The molecule has 2 rings (SSSR count). The van der Waals surface area contributed by atoms with Gasteiger partial charge in [-0.3, -0.25) is 4.79 Å². The van der Waals surface area contributed by atoms with Gasteiger partial charge in [-0.15, -0.1) is 0 Å². The molecule has 0 aromatic carbocycles. The lowest BCUT2D eigenvalue weighted by Crippen LogP contribution is -2.32. The van der Waals surface area contributed by atoms with Gasteiger partial charge in [0.25, 0.3) is 5.91 Å². The molecule has 1 atom stereocenters. The third-order valence-corrected chi connectivity index (χ3v) is 3.62.